The number of pyridine rings is 1. The van der Waals surface area contributed by atoms with E-state index in [0.717, 1.165) is 0 Å². The predicted molar refractivity (Wildman–Crippen MR) is 40.6 cm³/mol. The minimum Gasteiger partial charge on any atom is -0.433 e. The molecule has 0 saturated heterocycles. The molecule has 66 valence electrons. The Morgan fingerprint density at radius 3 is 2.75 bits per heavy atom. The van der Waals surface area contributed by atoms with Crippen LogP contribution in [0.4, 0.5) is 8.78 Å². The highest BCUT2D eigenvalue weighted by Crippen LogP contribution is 2.20. The average Bonchev–Trinajstić information content (AvgIpc) is 1.94. The number of hydrogen-bond acceptors (Lipinski definition) is 2. The third-order valence-corrected chi connectivity index (χ3v) is 1.45. The molecule has 12 heavy (non-hydrogen) atoms. The van der Waals surface area contributed by atoms with Crippen LogP contribution in [0.25, 0.3) is 0 Å². The minimum absolute atomic E-state index is 0.0504. The molecule has 0 saturated carbocycles. The molecule has 2 nitrogen and oxygen atoms in total. The molecular formula is C7H6ClF2NO. The van der Waals surface area contributed by atoms with Gasteiger partial charge in [-0.25, -0.2) is 4.98 Å². The van der Waals surface area contributed by atoms with Crippen molar-refractivity contribution in [1.29, 1.82) is 0 Å². The lowest BCUT2D eigenvalue weighted by Gasteiger charge is -2.06. The lowest BCUT2D eigenvalue weighted by atomic mass is 10.3. The Bertz CT molecular complexity index is 280. The van der Waals surface area contributed by atoms with Gasteiger partial charge in [0.1, 0.15) is 10.9 Å². The summed E-state index contributed by atoms with van der Waals surface area (Å²) in [5, 5.41) is 0.258. The molecule has 0 spiro atoms. The summed E-state index contributed by atoms with van der Waals surface area (Å²) in [4.78, 5) is 3.60. The van der Waals surface area contributed by atoms with Crippen molar-refractivity contribution >= 4 is 11.6 Å². The van der Waals surface area contributed by atoms with Gasteiger partial charge in [0.2, 0.25) is 0 Å². The monoisotopic (exact) mass is 193 g/mol. The largest absolute Gasteiger partial charge is 0.433 e. The van der Waals surface area contributed by atoms with Crippen LogP contribution in [0.15, 0.2) is 12.3 Å². The lowest BCUT2D eigenvalue weighted by Crippen LogP contribution is -2.03. The van der Waals surface area contributed by atoms with Crippen LogP contribution in [0.2, 0.25) is 5.15 Å². The second-order valence-corrected chi connectivity index (χ2v) is 2.54. The van der Waals surface area contributed by atoms with Gasteiger partial charge in [0, 0.05) is 0 Å². The van der Waals surface area contributed by atoms with Crippen molar-refractivity contribution < 1.29 is 13.5 Å². The van der Waals surface area contributed by atoms with Gasteiger partial charge in [-0.2, -0.15) is 8.78 Å². The molecule has 0 aliphatic carbocycles. The topological polar surface area (TPSA) is 22.1 Å². The molecule has 0 aliphatic rings. The zero-order valence-electron chi connectivity index (χ0n) is 6.22. The molecule has 0 unspecified atom stereocenters. The van der Waals surface area contributed by atoms with Gasteiger partial charge in [0.15, 0.2) is 0 Å². The number of nitrogens with zero attached hydrogens (tertiary/aromatic N) is 1. The van der Waals surface area contributed by atoms with Gasteiger partial charge in [0.25, 0.3) is 0 Å². The molecule has 1 rings (SSSR count). The van der Waals surface area contributed by atoms with E-state index in [4.69, 9.17) is 11.6 Å². The summed E-state index contributed by atoms with van der Waals surface area (Å²) in [6, 6.07) is 1.46. The number of aromatic nitrogens is 1. The van der Waals surface area contributed by atoms with Crippen LogP contribution in [0.5, 0.6) is 5.75 Å². The first-order valence-corrected chi connectivity index (χ1v) is 3.54. The summed E-state index contributed by atoms with van der Waals surface area (Å²) in [5.41, 5.74) is 0.537. The first-order chi connectivity index (χ1) is 5.59. The maximum atomic E-state index is 11.7. The fourth-order valence-electron chi connectivity index (χ4n) is 0.729. The van der Waals surface area contributed by atoms with Crippen molar-refractivity contribution in [3.05, 3.63) is 23.0 Å². The molecule has 0 radical (unpaired) electrons. The van der Waals surface area contributed by atoms with E-state index >= 15 is 0 Å². The fraction of sp³-hybridized carbons (Fsp3) is 0.286. The van der Waals surface area contributed by atoms with Crippen molar-refractivity contribution in [2.24, 2.45) is 0 Å². The molecule has 0 aliphatic heterocycles. The summed E-state index contributed by atoms with van der Waals surface area (Å²) >= 11 is 5.50. The molecule has 1 heterocycles. The quantitative estimate of drug-likeness (QED) is 0.674. The Labute approximate surface area is 73.1 Å². The SMILES string of the molecule is Cc1cc(Cl)ncc1OC(F)F. The van der Waals surface area contributed by atoms with Gasteiger partial charge in [-0.15, -0.1) is 0 Å². The molecule has 1 aromatic heterocycles. The zero-order valence-corrected chi connectivity index (χ0v) is 6.98. The van der Waals surface area contributed by atoms with Gasteiger partial charge in [-0.05, 0) is 18.6 Å². The number of aryl methyl sites for hydroxylation is 1. The summed E-state index contributed by atoms with van der Waals surface area (Å²) in [5.74, 6) is 0.0504. The standard InChI is InChI=1S/C7H6ClF2NO/c1-4-2-6(8)11-3-5(4)12-7(9)10/h2-3,7H,1H3. The zero-order chi connectivity index (χ0) is 9.14. The summed E-state index contributed by atoms with van der Waals surface area (Å²) in [7, 11) is 0. The van der Waals surface area contributed by atoms with Gasteiger partial charge < -0.3 is 4.74 Å². The first-order valence-electron chi connectivity index (χ1n) is 3.16. The van der Waals surface area contributed by atoms with E-state index in [9.17, 15) is 8.78 Å². The lowest BCUT2D eigenvalue weighted by molar-refractivity contribution is -0.0505. The van der Waals surface area contributed by atoms with E-state index in [1.807, 2.05) is 0 Å². The maximum absolute atomic E-state index is 11.7. The Balaban J connectivity index is 2.86. The summed E-state index contributed by atoms with van der Waals surface area (Å²) < 4.78 is 27.6. The van der Waals surface area contributed by atoms with E-state index in [-0.39, 0.29) is 10.9 Å². The Morgan fingerprint density at radius 2 is 2.25 bits per heavy atom. The highest BCUT2D eigenvalue weighted by molar-refractivity contribution is 6.29. The van der Waals surface area contributed by atoms with Crippen LogP contribution in [0.3, 0.4) is 0 Å². The van der Waals surface area contributed by atoms with Crippen molar-refractivity contribution in [2.45, 2.75) is 13.5 Å². The maximum Gasteiger partial charge on any atom is 0.387 e. The van der Waals surface area contributed by atoms with E-state index in [0.29, 0.717) is 5.56 Å². The number of halogens is 3. The molecule has 5 heteroatoms. The number of ether oxygens (including phenoxy) is 1. The van der Waals surface area contributed by atoms with Crippen molar-refractivity contribution in [3.63, 3.8) is 0 Å². The Hall–Kier alpha value is -0.900. The minimum atomic E-state index is -2.83. The normalized spacial score (nSPS) is 10.4. The molecule has 0 bridgehead atoms. The number of hydrogen-bond donors (Lipinski definition) is 0. The molecule has 0 atom stereocenters. The number of alkyl halides is 2. The highest BCUT2D eigenvalue weighted by Gasteiger charge is 2.07. The molecule has 0 amide bonds. The van der Waals surface area contributed by atoms with Crippen LogP contribution in [0, 0.1) is 6.92 Å². The fourth-order valence-corrected chi connectivity index (χ4v) is 0.941. The van der Waals surface area contributed by atoms with E-state index in [2.05, 4.69) is 9.72 Å². The van der Waals surface area contributed by atoms with Gasteiger partial charge in [0.05, 0.1) is 6.20 Å². The number of rotatable bonds is 2. The second kappa shape index (κ2) is 3.67. The van der Waals surface area contributed by atoms with Crippen molar-refractivity contribution in [1.82, 2.24) is 4.98 Å². The summed E-state index contributed by atoms with van der Waals surface area (Å²) in [6.45, 7) is -1.21. The molecular weight excluding hydrogens is 188 g/mol. The average molecular weight is 194 g/mol. The van der Waals surface area contributed by atoms with Gasteiger partial charge in [-0.3, -0.25) is 0 Å². The summed E-state index contributed by atoms with van der Waals surface area (Å²) in [6.07, 6.45) is 1.17. The van der Waals surface area contributed by atoms with E-state index in [1.165, 1.54) is 12.3 Å². The van der Waals surface area contributed by atoms with Crippen LogP contribution >= 0.6 is 11.6 Å². The molecule has 1 aromatic rings. The second-order valence-electron chi connectivity index (χ2n) is 2.15. The third-order valence-electron chi connectivity index (χ3n) is 1.25. The van der Waals surface area contributed by atoms with E-state index in [1.54, 1.807) is 6.92 Å². The first kappa shape index (κ1) is 9.19. The van der Waals surface area contributed by atoms with Crippen LogP contribution in [0.1, 0.15) is 5.56 Å². The Kier molecular flexibility index (Phi) is 2.81. The highest BCUT2D eigenvalue weighted by atomic mass is 35.5. The molecule has 0 N–H and O–H groups in total. The molecule has 0 fully saturated rings. The third kappa shape index (κ3) is 2.30. The van der Waals surface area contributed by atoms with Crippen LogP contribution in [-0.2, 0) is 0 Å². The Morgan fingerprint density at radius 1 is 1.58 bits per heavy atom. The van der Waals surface area contributed by atoms with Crippen LogP contribution < -0.4 is 4.74 Å². The predicted octanol–water partition coefficient (Wildman–Crippen LogP) is 2.64. The van der Waals surface area contributed by atoms with Crippen LogP contribution in [-0.4, -0.2) is 11.6 Å². The van der Waals surface area contributed by atoms with Gasteiger partial charge >= 0.3 is 6.61 Å². The smallest absolute Gasteiger partial charge is 0.387 e. The molecule has 0 aromatic carbocycles. The van der Waals surface area contributed by atoms with Crippen molar-refractivity contribution in [3.8, 4) is 5.75 Å². The van der Waals surface area contributed by atoms with Gasteiger partial charge in [-0.1, -0.05) is 11.6 Å². The van der Waals surface area contributed by atoms with E-state index < -0.39 is 6.61 Å². The van der Waals surface area contributed by atoms with Crippen molar-refractivity contribution in [2.75, 3.05) is 0 Å².